The predicted octanol–water partition coefficient (Wildman–Crippen LogP) is 1.06. The van der Waals surface area contributed by atoms with Crippen LogP contribution in [0.1, 0.15) is 33.2 Å². The van der Waals surface area contributed by atoms with Crippen LogP contribution in [-0.4, -0.2) is 33.3 Å². The van der Waals surface area contributed by atoms with Crippen molar-refractivity contribution in [3.8, 4) is 0 Å². The average Bonchev–Trinajstić information content (AvgIpc) is 2.62. The highest BCUT2D eigenvalue weighted by Gasteiger charge is 2.15. The number of benzene rings is 2. The fourth-order valence-electron chi connectivity index (χ4n) is 2.38. The number of sulfonamides is 1. The highest BCUT2D eigenvalue weighted by atomic mass is 32.2. The lowest BCUT2D eigenvalue weighted by atomic mass is 10.1. The minimum absolute atomic E-state index is 0.0427. The van der Waals surface area contributed by atoms with Gasteiger partial charge in [0.1, 0.15) is 0 Å². The van der Waals surface area contributed by atoms with Gasteiger partial charge in [-0.05, 0) is 42.3 Å². The molecule has 8 heteroatoms. The molecule has 0 atom stereocenters. The van der Waals surface area contributed by atoms with E-state index < -0.39 is 15.9 Å². The SMILES string of the molecule is CCNS(=O)(=O)c1cccc(C(=O)NCCc2cccc(C(N)=O)c2)c1. The molecule has 0 aliphatic heterocycles. The van der Waals surface area contributed by atoms with E-state index in [-0.39, 0.29) is 22.9 Å². The Labute approximate surface area is 152 Å². The molecule has 26 heavy (non-hydrogen) atoms. The first-order valence-electron chi connectivity index (χ1n) is 8.10. The Morgan fingerprint density at radius 3 is 2.42 bits per heavy atom. The first-order valence-corrected chi connectivity index (χ1v) is 9.58. The highest BCUT2D eigenvalue weighted by molar-refractivity contribution is 7.89. The normalized spacial score (nSPS) is 11.1. The van der Waals surface area contributed by atoms with Crippen LogP contribution in [0.15, 0.2) is 53.4 Å². The van der Waals surface area contributed by atoms with E-state index in [1.54, 1.807) is 31.2 Å². The molecular formula is C18H21N3O4S. The molecule has 0 aliphatic rings. The van der Waals surface area contributed by atoms with Crippen LogP contribution in [0.25, 0.3) is 0 Å². The lowest BCUT2D eigenvalue weighted by Gasteiger charge is -2.08. The van der Waals surface area contributed by atoms with Gasteiger partial charge in [-0.1, -0.05) is 25.1 Å². The van der Waals surface area contributed by atoms with Gasteiger partial charge in [0.05, 0.1) is 4.90 Å². The third-order valence-corrected chi connectivity index (χ3v) is 5.19. The van der Waals surface area contributed by atoms with Gasteiger partial charge in [-0.3, -0.25) is 9.59 Å². The molecule has 4 N–H and O–H groups in total. The van der Waals surface area contributed by atoms with Crippen molar-refractivity contribution < 1.29 is 18.0 Å². The van der Waals surface area contributed by atoms with Crippen LogP contribution < -0.4 is 15.8 Å². The molecule has 7 nitrogen and oxygen atoms in total. The van der Waals surface area contributed by atoms with Crippen molar-refractivity contribution in [3.05, 3.63) is 65.2 Å². The van der Waals surface area contributed by atoms with Crippen LogP contribution in [0, 0.1) is 0 Å². The Bertz CT molecular complexity index is 910. The number of carbonyl (C=O) groups is 2. The molecule has 2 aromatic carbocycles. The number of nitrogens with one attached hydrogen (secondary N) is 2. The number of amides is 2. The number of nitrogens with two attached hydrogens (primary N) is 1. The maximum Gasteiger partial charge on any atom is 0.251 e. The molecule has 2 aromatic rings. The standard InChI is InChI=1S/C18H21N3O4S/c1-2-21-26(24,25)16-8-4-7-15(12-16)18(23)20-10-9-13-5-3-6-14(11-13)17(19)22/h3-8,11-12,21H,2,9-10H2,1H3,(H2,19,22)(H,20,23). The van der Waals surface area contributed by atoms with Crippen molar-refractivity contribution in [3.63, 3.8) is 0 Å². The van der Waals surface area contributed by atoms with Gasteiger partial charge in [-0.2, -0.15) is 0 Å². The summed E-state index contributed by atoms with van der Waals surface area (Å²) >= 11 is 0. The topological polar surface area (TPSA) is 118 Å². The summed E-state index contributed by atoms with van der Waals surface area (Å²) in [7, 11) is -3.62. The average molecular weight is 375 g/mol. The summed E-state index contributed by atoms with van der Waals surface area (Å²) < 4.78 is 26.4. The molecule has 0 aromatic heterocycles. The summed E-state index contributed by atoms with van der Waals surface area (Å²) in [5.41, 5.74) is 6.78. The smallest absolute Gasteiger partial charge is 0.251 e. The molecule has 0 radical (unpaired) electrons. The van der Waals surface area contributed by atoms with Gasteiger partial charge in [-0.25, -0.2) is 13.1 Å². The molecule has 0 saturated heterocycles. The molecule has 0 fully saturated rings. The van der Waals surface area contributed by atoms with Crippen LogP contribution in [0.3, 0.4) is 0 Å². The van der Waals surface area contributed by atoms with Gasteiger partial charge in [0.25, 0.3) is 5.91 Å². The summed E-state index contributed by atoms with van der Waals surface area (Å²) in [5, 5.41) is 2.74. The van der Waals surface area contributed by atoms with E-state index >= 15 is 0 Å². The van der Waals surface area contributed by atoms with Gasteiger partial charge in [0.15, 0.2) is 0 Å². The van der Waals surface area contributed by atoms with Gasteiger partial charge in [-0.15, -0.1) is 0 Å². The lowest BCUT2D eigenvalue weighted by Crippen LogP contribution is -2.27. The number of hydrogen-bond acceptors (Lipinski definition) is 4. The first-order chi connectivity index (χ1) is 12.3. The van der Waals surface area contributed by atoms with Crippen molar-refractivity contribution in [2.45, 2.75) is 18.2 Å². The Balaban J connectivity index is 2.00. The van der Waals surface area contributed by atoms with Crippen molar-refractivity contribution >= 4 is 21.8 Å². The Kier molecular flexibility index (Phi) is 6.48. The third-order valence-electron chi connectivity index (χ3n) is 3.65. The minimum atomic E-state index is -3.62. The molecule has 138 valence electrons. The van der Waals surface area contributed by atoms with Crippen molar-refractivity contribution in [2.75, 3.05) is 13.1 Å². The molecule has 0 spiro atoms. The summed E-state index contributed by atoms with van der Waals surface area (Å²) in [6.07, 6.45) is 0.516. The summed E-state index contributed by atoms with van der Waals surface area (Å²) in [4.78, 5) is 23.5. The zero-order valence-electron chi connectivity index (χ0n) is 14.4. The Morgan fingerprint density at radius 2 is 1.73 bits per heavy atom. The number of carbonyl (C=O) groups excluding carboxylic acids is 2. The van der Waals surface area contributed by atoms with Gasteiger partial charge >= 0.3 is 0 Å². The summed E-state index contributed by atoms with van der Waals surface area (Å²) in [6.45, 7) is 2.29. The quantitative estimate of drug-likeness (QED) is 0.639. The van der Waals surface area contributed by atoms with E-state index in [1.807, 2.05) is 6.07 Å². The second kappa shape index (κ2) is 8.59. The van der Waals surface area contributed by atoms with Crippen LogP contribution in [0.2, 0.25) is 0 Å². The van der Waals surface area contributed by atoms with Crippen LogP contribution in [-0.2, 0) is 16.4 Å². The molecule has 2 rings (SSSR count). The zero-order chi connectivity index (χ0) is 19.2. The van der Waals surface area contributed by atoms with Crippen molar-refractivity contribution in [2.24, 2.45) is 5.73 Å². The summed E-state index contributed by atoms with van der Waals surface area (Å²) in [5.74, 6) is -0.876. The van der Waals surface area contributed by atoms with E-state index in [0.717, 1.165) is 5.56 Å². The van der Waals surface area contributed by atoms with Crippen molar-refractivity contribution in [1.82, 2.24) is 10.0 Å². The Morgan fingerprint density at radius 1 is 1.04 bits per heavy atom. The fourth-order valence-corrected chi connectivity index (χ4v) is 3.47. The largest absolute Gasteiger partial charge is 0.366 e. The van der Waals surface area contributed by atoms with Gasteiger partial charge in [0.2, 0.25) is 15.9 Å². The maximum atomic E-state index is 12.2. The van der Waals surface area contributed by atoms with E-state index in [2.05, 4.69) is 10.0 Å². The maximum absolute atomic E-state index is 12.2. The van der Waals surface area contributed by atoms with Crippen LogP contribution in [0.4, 0.5) is 0 Å². The van der Waals surface area contributed by atoms with Crippen LogP contribution >= 0.6 is 0 Å². The predicted molar refractivity (Wildman–Crippen MR) is 98.3 cm³/mol. The lowest BCUT2D eigenvalue weighted by molar-refractivity contribution is 0.0952. The number of rotatable bonds is 8. The van der Waals surface area contributed by atoms with E-state index in [1.165, 1.54) is 18.2 Å². The fraction of sp³-hybridized carbons (Fsp3) is 0.222. The van der Waals surface area contributed by atoms with E-state index in [9.17, 15) is 18.0 Å². The minimum Gasteiger partial charge on any atom is -0.366 e. The molecule has 0 bridgehead atoms. The van der Waals surface area contributed by atoms with Crippen LogP contribution in [0.5, 0.6) is 0 Å². The molecule has 0 saturated carbocycles. The molecule has 0 unspecified atom stereocenters. The van der Waals surface area contributed by atoms with Crippen molar-refractivity contribution in [1.29, 1.82) is 0 Å². The molecule has 0 aliphatic carbocycles. The first kappa shape index (κ1) is 19.6. The third kappa shape index (κ3) is 5.14. The molecule has 0 heterocycles. The van der Waals surface area contributed by atoms with E-state index in [0.29, 0.717) is 18.5 Å². The van der Waals surface area contributed by atoms with Gasteiger partial charge < -0.3 is 11.1 Å². The summed E-state index contributed by atoms with van der Waals surface area (Å²) in [6, 6.07) is 12.7. The monoisotopic (exact) mass is 375 g/mol. The second-order valence-corrected chi connectivity index (χ2v) is 7.37. The number of primary amides is 1. The van der Waals surface area contributed by atoms with Gasteiger partial charge in [0, 0.05) is 24.2 Å². The second-order valence-electron chi connectivity index (χ2n) is 5.60. The molecule has 2 amide bonds. The zero-order valence-corrected chi connectivity index (χ0v) is 15.2. The number of hydrogen-bond donors (Lipinski definition) is 3. The Hall–Kier alpha value is -2.71. The van der Waals surface area contributed by atoms with E-state index in [4.69, 9.17) is 5.73 Å². The molecular weight excluding hydrogens is 354 g/mol. The highest BCUT2D eigenvalue weighted by Crippen LogP contribution is 2.11.